The van der Waals surface area contributed by atoms with Gasteiger partial charge in [-0.15, -0.1) is 0 Å². The van der Waals surface area contributed by atoms with Crippen LogP contribution >= 0.6 is 11.3 Å². The number of carbonyl (C=O) groups excluding carboxylic acids is 1. The Balaban J connectivity index is 1.58. The van der Waals surface area contributed by atoms with Crippen molar-refractivity contribution in [2.24, 2.45) is 5.92 Å². The van der Waals surface area contributed by atoms with Crippen molar-refractivity contribution in [3.63, 3.8) is 0 Å². The topological polar surface area (TPSA) is 127 Å². The van der Waals surface area contributed by atoms with Crippen molar-refractivity contribution in [2.45, 2.75) is 48.3 Å². The van der Waals surface area contributed by atoms with Gasteiger partial charge in [-0.3, -0.25) is 9.48 Å². The monoisotopic (exact) mass is 503 g/mol. The summed E-state index contributed by atoms with van der Waals surface area (Å²) in [5.41, 5.74) is 0.580. The number of ether oxygens (including phenoxy) is 1. The van der Waals surface area contributed by atoms with Crippen LogP contribution in [0.2, 0.25) is 0 Å². The number of hydrogen-bond acceptors (Lipinski definition) is 8. The van der Waals surface area contributed by atoms with Gasteiger partial charge in [0, 0.05) is 18.6 Å². The van der Waals surface area contributed by atoms with Crippen LogP contribution in [0.4, 0.5) is 9.52 Å². The third kappa shape index (κ3) is 4.43. The van der Waals surface area contributed by atoms with Gasteiger partial charge < -0.3 is 10.1 Å². The molecule has 5 rings (SSSR count). The lowest BCUT2D eigenvalue weighted by atomic mass is 9.92. The highest BCUT2D eigenvalue weighted by atomic mass is 32.2. The molecule has 9 nitrogen and oxygen atoms in total. The molecule has 0 unspecified atom stereocenters. The molecule has 1 aromatic carbocycles. The molecule has 2 fully saturated rings. The minimum absolute atomic E-state index is 0.0718. The molecule has 34 heavy (non-hydrogen) atoms. The van der Waals surface area contributed by atoms with Crippen molar-refractivity contribution < 1.29 is 22.3 Å². The molecule has 1 saturated carbocycles. The summed E-state index contributed by atoms with van der Waals surface area (Å²) in [5, 5.41) is 16.2. The van der Waals surface area contributed by atoms with E-state index in [-0.39, 0.29) is 21.5 Å². The molecule has 178 valence electrons. The van der Waals surface area contributed by atoms with Gasteiger partial charge in [0.25, 0.3) is 5.91 Å². The third-order valence-corrected chi connectivity index (χ3v) is 9.28. The number of thiazole rings is 1. The van der Waals surface area contributed by atoms with E-state index in [1.165, 1.54) is 16.9 Å². The highest BCUT2D eigenvalue weighted by Crippen LogP contribution is 2.38. The van der Waals surface area contributed by atoms with E-state index in [1.807, 2.05) is 6.07 Å². The van der Waals surface area contributed by atoms with E-state index >= 15 is 0 Å². The average Bonchev–Trinajstić information content (AvgIpc) is 3.51. The van der Waals surface area contributed by atoms with E-state index in [0.717, 1.165) is 30.4 Å². The second kappa shape index (κ2) is 9.05. The molecule has 0 spiro atoms. The van der Waals surface area contributed by atoms with Crippen molar-refractivity contribution >= 4 is 43.1 Å². The van der Waals surface area contributed by atoms with Crippen molar-refractivity contribution in [1.29, 1.82) is 5.26 Å². The number of fused-ring (bicyclic) bond motifs is 1. The molecule has 2 aliphatic rings. The summed E-state index contributed by atoms with van der Waals surface area (Å²) in [5.74, 6) is -0.245. The summed E-state index contributed by atoms with van der Waals surface area (Å²) in [7, 11) is -3.60. The number of anilines is 1. The number of nitrogens with one attached hydrogen (secondary N) is 1. The molecule has 1 aliphatic carbocycles. The lowest BCUT2D eigenvalue weighted by Gasteiger charge is -2.26. The normalized spacial score (nSPS) is 18.0. The standard InChI is InChI=1S/C22H22FN5O4S2/c23-20-12-25-22(33-20)27-21(29)18(7-13-3-5-32-6-4-13)28-17-8-14(10-24)9-19(16(17)11-26-28)34(30,31)15-1-2-15/h8-9,11-13,15,18H,1-7H2,(H,25,27,29)/t18-/m0/s1. The highest BCUT2D eigenvalue weighted by molar-refractivity contribution is 7.92. The molecule has 0 bridgehead atoms. The molecule has 1 N–H and O–H groups in total. The van der Waals surface area contributed by atoms with Crippen molar-refractivity contribution in [3.8, 4) is 6.07 Å². The third-order valence-electron chi connectivity index (χ3n) is 6.28. The molecular formula is C22H22FN5O4S2. The number of aromatic nitrogens is 3. The van der Waals surface area contributed by atoms with Crippen LogP contribution in [-0.4, -0.2) is 47.6 Å². The van der Waals surface area contributed by atoms with Gasteiger partial charge in [0.05, 0.1) is 39.7 Å². The van der Waals surface area contributed by atoms with Crippen LogP contribution in [0.25, 0.3) is 10.9 Å². The molecule has 1 aliphatic heterocycles. The Morgan fingerprint density at radius 1 is 1.29 bits per heavy atom. The van der Waals surface area contributed by atoms with E-state index in [9.17, 15) is 22.9 Å². The fourth-order valence-corrected chi connectivity index (χ4v) is 6.75. The molecule has 3 heterocycles. The van der Waals surface area contributed by atoms with Crippen LogP contribution in [0.15, 0.2) is 29.4 Å². The first-order chi connectivity index (χ1) is 16.4. The summed E-state index contributed by atoms with van der Waals surface area (Å²) in [6, 6.07) is 4.16. The fraction of sp³-hybridized carbons (Fsp3) is 0.455. The maximum absolute atomic E-state index is 13.4. The minimum Gasteiger partial charge on any atom is -0.381 e. The Labute approximate surface area is 199 Å². The van der Waals surface area contributed by atoms with Crippen molar-refractivity contribution in [3.05, 3.63) is 35.2 Å². The maximum atomic E-state index is 13.4. The number of amides is 1. The molecule has 1 atom stereocenters. The maximum Gasteiger partial charge on any atom is 0.251 e. The smallest absolute Gasteiger partial charge is 0.251 e. The first-order valence-electron chi connectivity index (χ1n) is 11.0. The molecule has 0 radical (unpaired) electrons. The average molecular weight is 504 g/mol. The van der Waals surface area contributed by atoms with Gasteiger partial charge >= 0.3 is 0 Å². The number of nitrogens with zero attached hydrogens (tertiary/aromatic N) is 4. The number of nitriles is 1. The summed E-state index contributed by atoms with van der Waals surface area (Å²) in [4.78, 5) is 17.3. The van der Waals surface area contributed by atoms with Crippen LogP contribution in [0.3, 0.4) is 0 Å². The number of halogens is 1. The number of benzene rings is 1. The van der Waals surface area contributed by atoms with Gasteiger partial charge in [0.2, 0.25) is 0 Å². The van der Waals surface area contributed by atoms with Crippen molar-refractivity contribution in [1.82, 2.24) is 14.8 Å². The number of hydrogen-bond donors (Lipinski definition) is 1. The lowest BCUT2D eigenvalue weighted by molar-refractivity contribution is -0.120. The van der Waals surface area contributed by atoms with Crippen LogP contribution in [-0.2, 0) is 19.4 Å². The van der Waals surface area contributed by atoms with Crippen LogP contribution in [0.1, 0.15) is 43.7 Å². The Hall–Kier alpha value is -2.88. The second-order valence-corrected chi connectivity index (χ2v) is 11.8. The van der Waals surface area contributed by atoms with Gasteiger partial charge in [-0.2, -0.15) is 14.8 Å². The van der Waals surface area contributed by atoms with E-state index in [1.54, 1.807) is 6.07 Å². The predicted molar refractivity (Wildman–Crippen MR) is 123 cm³/mol. The van der Waals surface area contributed by atoms with Crippen LogP contribution in [0, 0.1) is 22.4 Å². The van der Waals surface area contributed by atoms with Crippen LogP contribution in [0.5, 0.6) is 0 Å². The largest absolute Gasteiger partial charge is 0.381 e. The molecular weight excluding hydrogens is 481 g/mol. The molecule has 1 amide bonds. The number of rotatable bonds is 7. The van der Waals surface area contributed by atoms with Gasteiger partial charge in [-0.05, 0) is 50.2 Å². The van der Waals surface area contributed by atoms with Gasteiger partial charge in [0.1, 0.15) is 6.04 Å². The molecule has 3 aromatic rings. The Morgan fingerprint density at radius 2 is 2.06 bits per heavy atom. The first-order valence-corrected chi connectivity index (χ1v) is 13.4. The van der Waals surface area contributed by atoms with E-state index < -0.39 is 32.2 Å². The van der Waals surface area contributed by atoms with Crippen molar-refractivity contribution in [2.75, 3.05) is 18.5 Å². The van der Waals surface area contributed by atoms with Gasteiger partial charge in [-0.25, -0.2) is 13.4 Å². The van der Waals surface area contributed by atoms with Gasteiger partial charge in [-0.1, -0.05) is 11.3 Å². The summed E-state index contributed by atoms with van der Waals surface area (Å²) in [6.07, 6.45) is 5.65. The van der Waals surface area contributed by atoms with E-state index in [2.05, 4.69) is 15.4 Å². The Kier molecular flexibility index (Phi) is 6.09. The number of sulfone groups is 1. The van der Waals surface area contributed by atoms with E-state index in [0.29, 0.717) is 43.4 Å². The van der Waals surface area contributed by atoms with Gasteiger partial charge in [0.15, 0.2) is 20.1 Å². The SMILES string of the molecule is N#Cc1cc(S(=O)(=O)C2CC2)c2cnn([C@@H](CC3CCOCC3)C(=O)Nc3ncc(F)s3)c2c1. The van der Waals surface area contributed by atoms with Crippen LogP contribution < -0.4 is 5.32 Å². The Bertz CT molecular complexity index is 1380. The zero-order valence-electron chi connectivity index (χ0n) is 18.1. The molecule has 12 heteroatoms. The summed E-state index contributed by atoms with van der Waals surface area (Å²) < 4.78 is 46.5. The quantitative estimate of drug-likeness (QED) is 0.523. The minimum atomic E-state index is -3.60. The predicted octanol–water partition coefficient (Wildman–Crippen LogP) is 3.44. The molecule has 2 aromatic heterocycles. The second-order valence-electron chi connectivity index (χ2n) is 8.62. The first kappa shape index (κ1) is 22.9. The fourth-order valence-electron chi connectivity index (χ4n) is 4.34. The number of carbonyl (C=O) groups is 1. The molecule has 1 saturated heterocycles. The highest BCUT2D eigenvalue weighted by Gasteiger charge is 2.39. The summed E-state index contributed by atoms with van der Waals surface area (Å²) >= 11 is 0.721. The summed E-state index contributed by atoms with van der Waals surface area (Å²) in [6.45, 7) is 1.19. The zero-order valence-corrected chi connectivity index (χ0v) is 19.7. The zero-order chi connectivity index (χ0) is 23.9. The van der Waals surface area contributed by atoms with E-state index in [4.69, 9.17) is 4.74 Å². The lowest BCUT2D eigenvalue weighted by Crippen LogP contribution is -2.30. The Morgan fingerprint density at radius 3 is 2.71 bits per heavy atom.